The molecule has 0 saturated carbocycles. The number of aliphatic hydroxyl groups is 4. The molecule has 1 aliphatic heterocycles. The Labute approximate surface area is 119 Å². The quantitative estimate of drug-likeness (QED) is 0.391. The summed E-state index contributed by atoms with van der Waals surface area (Å²) in [7, 11) is 0. The number of nitrogens with one attached hydrogen (secondary N) is 1. The van der Waals surface area contributed by atoms with E-state index in [0.29, 0.717) is 0 Å². The minimum absolute atomic E-state index is 0.0964. The lowest BCUT2D eigenvalue weighted by atomic mass is 10.1. The Morgan fingerprint density at radius 3 is 2.71 bits per heavy atom. The summed E-state index contributed by atoms with van der Waals surface area (Å²) >= 11 is 0. The number of rotatable bonds is 5. The van der Waals surface area contributed by atoms with Crippen molar-refractivity contribution in [3.63, 3.8) is 0 Å². The zero-order chi connectivity index (χ0) is 15.6. The summed E-state index contributed by atoms with van der Waals surface area (Å²) in [5.41, 5.74) is -1.25. The Kier molecular flexibility index (Phi) is 4.91. The predicted octanol–water partition coefficient (Wildman–Crippen LogP) is -2.93. The fourth-order valence-electron chi connectivity index (χ4n) is 2.26. The van der Waals surface area contributed by atoms with Gasteiger partial charge in [-0.2, -0.15) is 0 Å². The zero-order valence-corrected chi connectivity index (χ0v) is 11.2. The fraction of sp³-hybridized carbons (Fsp3) is 0.667. The van der Waals surface area contributed by atoms with E-state index in [9.17, 15) is 19.8 Å². The second kappa shape index (κ2) is 6.50. The summed E-state index contributed by atoms with van der Waals surface area (Å²) in [4.78, 5) is 25.6. The summed E-state index contributed by atoms with van der Waals surface area (Å²) in [6.45, 7) is -0.893. The van der Waals surface area contributed by atoms with E-state index >= 15 is 0 Å². The van der Waals surface area contributed by atoms with Crippen LogP contribution in [0.4, 0.5) is 0 Å². The summed E-state index contributed by atoms with van der Waals surface area (Å²) < 4.78 is 6.44. The third kappa shape index (κ3) is 3.39. The van der Waals surface area contributed by atoms with Gasteiger partial charge in [-0.3, -0.25) is 14.3 Å². The Morgan fingerprint density at radius 1 is 1.43 bits per heavy atom. The van der Waals surface area contributed by atoms with Crippen molar-refractivity contribution in [2.45, 2.75) is 37.4 Å². The highest BCUT2D eigenvalue weighted by atomic mass is 16.5. The van der Waals surface area contributed by atoms with E-state index in [1.54, 1.807) is 0 Å². The maximum atomic E-state index is 11.8. The van der Waals surface area contributed by atoms with E-state index in [1.165, 1.54) is 6.20 Å². The van der Waals surface area contributed by atoms with Gasteiger partial charge >= 0.3 is 5.69 Å². The lowest BCUT2D eigenvalue weighted by Crippen LogP contribution is -2.35. The van der Waals surface area contributed by atoms with E-state index < -0.39 is 42.4 Å². The van der Waals surface area contributed by atoms with Crippen LogP contribution in [0.5, 0.6) is 0 Å². The zero-order valence-electron chi connectivity index (χ0n) is 11.2. The molecule has 2 rings (SSSR count). The molecule has 1 unspecified atom stereocenters. The minimum Gasteiger partial charge on any atom is -0.394 e. The smallest absolute Gasteiger partial charge is 0.330 e. The Hall–Kier alpha value is -1.52. The topological polar surface area (TPSA) is 145 Å². The Bertz CT molecular complexity index is 596. The van der Waals surface area contributed by atoms with Crippen molar-refractivity contribution in [1.29, 1.82) is 0 Å². The van der Waals surface area contributed by atoms with Gasteiger partial charge in [0.05, 0.1) is 25.4 Å². The largest absolute Gasteiger partial charge is 0.394 e. The molecule has 9 heteroatoms. The van der Waals surface area contributed by atoms with Crippen LogP contribution in [-0.4, -0.2) is 61.5 Å². The van der Waals surface area contributed by atoms with Crippen molar-refractivity contribution < 1.29 is 25.2 Å². The number of H-pyrrole nitrogens is 1. The number of aromatic amines is 1. The molecular formula is C12H18N2O7. The van der Waals surface area contributed by atoms with Crippen molar-refractivity contribution >= 4 is 0 Å². The molecule has 2 heterocycles. The monoisotopic (exact) mass is 302 g/mol. The molecule has 0 radical (unpaired) electrons. The number of aromatic nitrogens is 2. The Balaban J connectivity index is 2.30. The fourth-order valence-corrected chi connectivity index (χ4v) is 2.26. The first-order chi connectivity index (χ1) is 9.96. The van der Waals surface area contributed by atoms with Crippen molar-refractivity contribution in [3.8, 4) is 0 Å². The first-order valence-corrected chi connectivity index (χ1v) is 6.54. The lowest BCUT2D eigenvalue weighted by Gasteiger charge is -2.16. The molecule has 9 nitrogen and oxygen atoms in total. The number of nitrogens with zero attached hydrogens (tertiary/aromatic N) is 1. The second-order valence-electron chi connectivity index (χ2n) is 4.98. The molecule has 5 N–H and O–H groups in total. The third-order valence-corrected chi connectivity index (χ3v) is 3.40. The minimum atomic E-state index is -1.11. The second-order valence-corrected chi connectivity index (χ2v) is 4.98. The van der Waals surface area contributed by atoms with E-state index in [1.807, 2.05) is 0 Å². The molecular weight excluding hydrogens is 284 g/mol. The molecule has 4 atom stereocenters. The van der Waals surface area contributed by atoms with E-state index in [2.05, 4.69) is 4.98 Å². The van der Waals surface area contributed by atoms with Crippen LogP contribution in [0.25, 0.3) is 0 Å². The molecule has 118 valence electrons. The van der Waals surface area contributed by atoms with Crippen LogP contribution < -0.4 is 11.2 Å². The van der Waals surface area contributed by atoms with Crippen molar-refractivity contribution in [1.82, 2.24) is 9.55 Å². The molecule has 1 aromatic rings. The van der Waals surface area contributed by atoms with Gasteiger partial charge in [-0.25, -0.2) is 4.79 Å². The third-order valence-electron chi connectivity index (χ3n) is 3.40. The van der Waals surface area contributed by atoms with Gasteiger partial charge in [0.25, 0.3) is 5.56 Å². The number of hydrogen-bond acceptors (Lipinski definition) is 7. The molecule has 1 aliphatic rings. The van der Waals surface area contributed by atoms with E-state index in [-0.39, 0.29) is 25.0 Å². The van der Waals surface area contributed by atoms with Crippen LogP contribution in [0.2, 0.25) is 0 Å². The summed E-state index contributed by atoms with van der Waals surface area (Å²) in [6, 6.07) is 0. The van der Waals surface area contributed by atoms with Crippen LogP contribution in [0.15, 0.2) is 15.8 Å². The highest BCUT2D eigenvalue weighted by Crippen LogP contribution is 2.27. The molecule has 0 spiro atoms. The normalized spacial score (nSPS) is 27.0. The predicted molar refractivity (Wildman–Crippen MR) is 69.7 cm³/mol. The van der Waals surface area contributed by atoms with Gasteiger partial charge in [0.1, 0.15) is 12.3 Å². The van der Waals surface area contributed by atoms with Crippen LogP contribution in [0, 0.1) is 0 Å². The summed E-state index contributed by atoms with van der Waals surface area (Å²) in [5, 5.41) is 36.9. The van der Waals surface area contributed by atoms with Crippen LogP contribution >= 0.6 is 0 Å². The first kappa shape index (κ1) is 15.9. The van der Waals surface area contributed by atoms with E-state index in [4.69, 9.17) is 14.9 Å². The molecule has 0 aromatic carbocycles. The van der Waals surface area contributed by atoms with Gasteiger partial charge in [-0.05, 0) is 0 Å². The van der Waals surface area contributed by atoms with Crippen molar-refractivity contribution in [2.75, 3.05) is 13.2 Å². The van der Waals surface area contributed by atoms with Crippen molar-refractivity contribution in [2.24, 2.45) is 0 Å². The first-order valence-electron chi connectivity index (χ1n) is 6.54. The molecule has 1 saturated heterocycles. The van der Waals surface area contributed by atoms with Gasteiger partial charge < -0.3 is 25.2 Å². The number of ether oxygens (including phenoxy) is 1. The van der Waals surface area contributed by atoms with Gasteiger partial charge in [0.2, 0.25) is 0 Å². The Morgan fingerprint density at radius 2 is 2.14 bits per heavy atom. The van der Waals surface area contributed by atoms with Gasteiger partial charge in [-0.15, -0.1) is 0 Å². The molecule has 0 amide bonds. The van der Waals surface area contributed by atoms with Gasteiger partial charge in [0, 0.05) is 24.6 Å². The maximum Gasteiger partial charge on any atom is 0.330 e. The summed E-state index contributed by atoms with van der Waals surface area (Å²) in [6.07, 6.45) is -2.42. The maximum absolute atomic E-state index is 11.8. The summed E-state index contributed by atoms with van der Waals surface area (Å²) in [5.74, 6) is 0. The molecule has 1 fully saturated rings. The lowest BCUT2D eigenvalue weighted by molar-refractivity contribution is -0.0460. The highest BCUT2D eigenvalue weighted by Gasteiger charge is 2.35. The van der Waals surface area contributed by atoms with Gasteiger partial charge in [0.15, 0.2) is 0 Å². The van der Waals surface area contributed by atoms with Crippen LogP contribution in [0.1, 0.15) is 18.2 Å². The van der Waals surface area contributed by atoms with Crippen molar-refractivity contribution in [3.05, 3.63) is 32.6 Å². The number of aliphatic hydroxyl groups excluding tert-OH is 4. The average Bonchev–Trinajstić information content (AvgIpc) is 2.82. The molecule has 0 aliphatic carbocycles. The van der Waals surface area contributed by atoms with Gasteiger partial charge in [-0.1, -0.05) is 0 Å². The molecule has 21 heavy (non-hydrogen) atoms. The molecule has 0 bridgehead atoms. The number of hydrogen-bond donors (Lipinski definition) is 5. The van der Waals surface area contributed by atoms with Crippen LogP contribution in [-0.2, 0) is 11.2 Å². The SMILES string of the molecule is O=c1[nH]c(=O)n([C@H]2C[C@H](O)[C@@H](CO)O2)cc1CC(O)CO. The van der Waals surface area contributed by atoms with E-state index in [0.717, 1.165) is 4.57 Å². The van der Waals surface area contributed by atoms with Crippen LogP contribution in [0.3, 0.4) is 0 Å². The standard InChI is InChI=1S/C12H18N2O7/c15-4-7(17)1-6-3-14(12(20)13-11(6)19)10-2-8(18)9(5-16)21-10/h3,7-10,15-18H,1-2,4-5H2,(H,13,19,20)/t7?,8-,9+,10+/m0/s1. The molecule has 1 aromatic heterocycles. The average molecular weight is 302 g/mol. The highest BCUT2D eigenvalue weighted by molar-refractivity contribution is 5.07.